The second-order valence-corrected chi connectivity index (χ2v) is 6.29. The quantitative estimate of drug-likeness (QED) is 0.221. The Hall–Kier alpha value is -2.00. The number of carbonyl (C=O) groups is 2. The van der Waals surface area contributed by atoms with Crippen LogP contribution in [0.25, 0.3) is 6.08 Å². The molecule has 1 heterocycles. The Bertz CT molecular complexity index is 716. The van der Waals surface area contributed by atoms with Crippen molar-refractivity contribution in [3.05, 3.63) is 34.5 Å². The Morgan fingerprint density at radius 3 is 2.55 bits per heavy atom. The van der Waals surface area contributed by atoms with Crippen LogP contribution in [-0.4, -0.2) is 23.2 Å². The number of hydrazine groups is 1. The Morgan fingerprint density at radius 2 is 2.00 bits per heavy atom. The average molecular weight is 334 g/mol. The maximum absolute atomic E-state index is 13.4. The summed E-state index contributed by atoms with van der Waals surface area (Å²) in [6, 6.07) is 1.43. The molecule has 0 aromatic heterocycles. The van der Waals surface area contributed by atoms with Gasteiger partial charge in [-0.05, 0) is 23.8 Å². The van der Waals surface area contributed by atoms with Crippen LogP contribution in [0.2, 0.25) is 0 Å². The molecule has 1 aromatic rings. The summed E-state index contributed by atoms with van der Waals surface area (Å²) in [5, 5.41) is 0. The Labute approximate surface area is 124 Å². The van der Waals surface area contributed by atoms with Gasteiger partial charge in [-0.25, -0.2) is 19.0 Å². The normalized spacial score (nSPS) is 17.1. The van der Waals surface area contributed by atoms with Crippen LogP contribution in [0.1, 0.15) is 12.0 Å². The van der Waals surface area contributed by atoms with Gasteiger partial charge in [0.1, 0.15) is 5.82 Å². The third-order valence-corrected chi connectivity index (χ3v) is 5.26. The molecule has 3 N–H and O–H groups in total. The molecule has 118 valence electrons. The molecule has 1 unspecified atom stereocenters. The van der Waals surface area contributed by atoms with E-state index < -0.39 is 46.0 Å². The number of amides is 1. The van der Waals surface area contributed by atoms with Gasteiger partial charge < -0.3 is 0 Å². The van der Waals surface area contributed by atoms with Gasteiger partial charge in [0.05, 0.1) is 11.3 Å². The first-order chi connectivity index (χ1) is 10.3. The van der Waals surface area contributed by atoms with Crippen LogP contribution >= 0.6 is 10.5 Å². The van der Waals surface area contributed by atoms with Crippen molar-refractivity contribution in [3.63, 3.8) is 0 Å². The van der Waals surface area contributed by atoms with Crippen molar-refractivity contribution in [2.45, 2.75) is 17.7 Å². The van der Waals surface area contributed by atoms with Crippen molar-refractivity contribution in [3.8, 4) is 0 Å². The highest BCUT2D eigenvalue weighted by atomic mass is 32.2. The number of carbonyl (C=O) groups excluding carboxylic acids is 2. The second-order valence-electron chi connectivity index (χ2n) is 4.27. The number of nitrogens with one attached hydrogen (secondary N) is 1. The van der Waals surface area contributed by atoms with Crippen molar-refractivity contribution in [1.82, 2.24) is 5.43 Å². The highest BCUT2D eigenvalue weighted by Gasteiger charge is 2.30. The van der Waals surface area contributed by atoms with E-state index in [1.54, 1.807) is 5.43 Å². The highest BCUT2D eigenvalue weighted by Crippen LogP contribution is 2.47. The second kappa shape index (κ2) is 6.41. The van der Waals surface area contributed by atoms with Crippen LogP contribution in [-0.2, 0) is 9.59 Å². The lowest BCUT2D eigenvalue weighted by Gasteiger charge is -2.14. The van der Waals surface area contributed by atoms with Crippen LogP contribution < -0.4 is 11.3 Å². The SMILES string of the molecule is NNC(=O)C1=Cc2ccc(F)cc2S1=C(CC(=O)F)C(F)F. The molecule has 0 fully saturated rings. The van der Waals surface area contributed by atoms with Gasteiger partial charge in [0.15, 0.2) is 0 Å². The number of nitrogens with two attached hydrogens (primary N) is 1. The van der Waals surface area contributed by atoms with Crippen LogP contribution in [0.4, 0.5) is 17.6 Å². The summed E-state index contributed by atoms with van der Waals surface area (Å²) >= 11 is 0. The molecule has 1 amide bonds. The van der Waals surface area contributed by atoms with Gasteiger partial charge >= 0.3 is 6.04 Å². The zero-order valence-electron chi connectivity index (χ0n) is 10.9. The van der Waals surface area contributed by atoms with E-state index in [-0.39, 0.29) is 9.80 Å². The molecule has 0 saturated heterocycles. The molecular formula is C13H10F4N2O2S. The third-order valence-electron chi connectivity index (χ3n) is 2.88. The first-order valence-electron chi connectivity index (χ1n) is 5.93. The number of benzene rings is 1. The minimum absolute atomic E-state index is 0.0927. The zero-order chi connectivity index (χ0) is 16.4. The lowest BCUT2D eigenvalue weighted by molar-refractivity contribution is -0.128. The van der Waals surface area contributed by atoms with E-state index in [1.807, 2.05) is 0 Å². The predicted molar refractivity (Wildman–Crippen MR) is 74.3 cm³/mol. The minimum atomic E-state index is -3.15. The van der Waals surface area contributed by atoms with Crippen molar-refractivity contribution in [2.75, 3.05) is 0 Å². The summed E-state index contributed by atoms with van der Waals surface area (Å²) < 4.78 is 52.4. The monoisotopic (exact) mass is 334 g/mol. The molecule has 1 aromatic carbocycles. The number of halogens is 4. The first kappa shape index (κ1) is 16.4. The van der Waals surface area contributed by atoms with E-state index in [9.17, 15) is 27.2 Å². The number of alkyl halides is 2. The molecule has 0 saturated carbocycles. The van der Waals surface area contributed by atoms with Gasteiger partial charge in [-0.15, -0.1) is 10.5 Å². The molecule has 1 aliphatic rings. The molecule has 0 radical (unpaired) electrons. The van der Waals surface area contributed by atoms with Gasteiger partial charge in [-0.3, -0.25) is 15.0 Å². The summed E-state index contributed by atoms with van der Waals surface area (Å²) in [6.07, 6.45) is -3.02. The lowest BCUT2D eigenvalue weighted by Crippen LogP contribution is -2.31. The summed E-state index contributed by atoms with van der Waals surface area (Å²) in [6.45, 7) is 0. The van der Waals surface area contributed by atoms with Gasteiger partial charge in [0.25, 0.3) is 12.3 Å². The molecular weight excluding hydrogens is 324 g/mol. The summed E-state index contributed by atoms with van der Waals surface area (Å²) in [4.78, 5) is 21.5. The highest BCUT2D eigenvalue weighted by molar-refractivity contribution is 8.20. The van der Waals surface area contributed by atoms with Crippen molar-refractivity contribution >= 4 is 33.4 Å². The average Bonchev–Trinajstić information content (AvgIpc) is 2.81. The molecule has 2 rings (SSSR count). The van der Waals surface area contributed by atoms with Crippen LogP contribution in [0, 0.1) is 5.82 Å². The van der Waals surface area contributed by atoms with Gasteiger partial charge in [-0.1, -0.05) is 6.07 Å². The van der Waals surface area contributed by atoms with E-state index >= 15 is 0 Å². The van der Waals surface area contributed by atoms with Crippen molar-refractivity contribution in [1.29, 1.82) is 0 Å². The molecule has 0 spiro atoms. The van der Waals surface area contributed by atoms with Gasteiger partial charge in [0.2, 0.25) is 0 Å². The lowest BCUT2D eigenvalue weighted by atomic mass is 10.2. The Morgan fingerprint density at radius 1 is 1.32 bits per heavy atom. The Balaban J connectivity index is 2.72. The molecule has 0 aliphatic carbocycles. The maximum Gasteiger partial charge on any atom is 0.306 e. The van der Waals surface area contributed by atoms with Crippen molar-refractivity contribution in [2.24, 2.45) is 5.84 Å². The minimum Gasteiger partial charge on any atom is -0.290 e. The van der Waals surface area contributed by atoms with Gasteiger partial charge in [0, 0.05) is 9.76 Å². The van der Waals surface area contributed by atoms with Crippen molar-refractivity contribution < 1.29 is 27.2 Å². The fourth-order valence-corrected chi connectivity index (χ4v) is 4.33. The van der Waals surface area contributed by atoms with Gasteiger partial charge in [-0.2, -0.15) is 4.39 Å². The fraction of sp³-hybridized carbons (Fsp3) is 0.154. The fourth-order valence-electron chi connectivity index (χ4n) is 2.01. The Kier molecular flexibility index (Phi) is 4.77. The number of hydrogen-bond donors (Lipinski definition) is 2. The molecule has 1 atom stereocenters. The summed E-state index contributed by atoms with van der Waals surface area (Å²) in [7, 11) is -1.73. The largest absolute Gasteiger partial charge is 0.306 e. The summed E-state index contributed by atoms with van der Waals surface area (Å²) in [5.74, 6) is 3.46. The third kappa shape index (κ3) is 3.09. The van der Waals surface area contributed by atoms with Crippen LogP contribution in [0.3, 0.4) is 0 Å². The topological polar surface area (TPSA) is 72.2 Å². The zero-order valence-corrected chi connectivity index (χ0v) is 11.7. The number of rotatable bonds is 4. The predicted octanol–water partition coefficient (Wildman–Crippen LogP) is 2.12. The number of hydrogen-bond acceptors (Lipinski definition) is 3. The van der Waals surface area contributed by atoms with E-state index in [2.05, 4.69) is 0 Å². The first-order valence-corrected chi connectivity index (χ1v) is 7.16. The van der Waals surface area contributed by atoms with E-state index in [0.717, 1.165) is 12.1 Å². The van der Waals surface area contributed by atoms with E-state index in [0.29, 0.717) is 5.56 Å². The summed E-state index contributed by atoms with van der Waals surface area (Å²) in [5.41, 5.74) is 2.14. The standard InChI is InChI=1S/C13H10F4N2O2S/c14-7-2-1-6-3-10(13(21)19-18)22(8(6)4-7)9(12(16)17)5-11(15)20/h1-4,12H,5,18H2,(H,19,21). The van der Waals surface area contributed by atoms with E-state index in [4.69, 9.17) is 5.84 Å². The molecule has 0 bridgehead atoms. The smallest absolute Gasteiger partial charge is 0.290 e. The molecule has 9 heteroatoms. The number of fused-ring (bicyclic) bond motifs is 1. The molecule has 22 heavy (non-hydrogen) atoms. The van der Waals surface area contributed by atoms with Crippen LogP contribution in [0.5, 0.6) is 0 Å². The van der Waals surface area contributed by atoms with E-state index in [1.165, 1.54) is 12.1 Å². The van der Waals surface area contributed by atoms with Crippen LogP contribution in [0.15, 0.2) is 28.0 Å². The molecule has 4 nitrogen and oxygen atoms in total. The maximum atomic E-state index is 13.4. The molecule has 1 aliphatic heterocycles.